The topological polar surface area (TPSA) is 117 Å². The van der Waals surface area contributed by atoms with Crippen molar-refractivity contribution in [1.82, 2.24) is 10.2 Å². The van der Waals surface area contributed by atoms with Crippen molar-refractivity contribution < 1.29 is 14.4 Å². The lowest BCUT2D eigenvalue weighted by Gasteiger charge is -2.27. The molecule has 8 nitrogen and oxygen atoms in total. The molecule has 0 fully saturated rings. The van der Waals surface area contributed by atoms with Gasteiger partial charge in [-0.15, -0.1) is 11.3 Å². The molecule has 1 aliphatic heterocycles. The van der Waals surface area contributed by atoms with E-state index in [1.165, 1.54) is 11.3 Å². The van der Waals surface area contributed by atoms with E-state index in [-0.39, 0.29) is 5.91 Å². The number of urea groups is 1. The predicted octanol–water partition coefficient (Wildman–Crippen LogP) is 4.32. The number of rotatable bonds is 8. The van der Waals surface area contributed by atoms with E-state index in [2.05, 4.69) is 20.9 Å². The van der Waals surface area contributed by atoms with Crippen LogP contribution in [0.4, 0.5) is 15.5 Å². The molecule has 0 saturated heterocycles. The maximum Gasteiger partial charge on any atom is 0.324 e. The number of nitrogens with two attached hydrogens (primary N) is 1. The standard InChI is InChI=1S/C25H26ClN5O3S/c26-17-7-9-18(10-8-17)29-25(34)30-24-21(22(27)32)19-11-14-31(15-20(19)35-24)13-4-12-28-23(33)16-5-2-1-3-6-16/h1-3,5-10H,4,11-15H2,(H2,27,32)(H,28,33)(H2,29,30,34). The Hall–Kier alpha value is -3.40. The van der Waals surface area contributed by atoms with Gasteiger partial charge in [-0.3, -0.25) is 19.8 Å². The van der Waals surface area contributed by atoms with Gasteiger partial charge in [0.15, 0.2) is 0 Å². The number of nitrogens with one attached hydrogen (secondary N) is 3. The molecule has 1 aliphatic rings. The fourth-order valence-electron chi connectivity index (χ4n) is 3.99. The first-order valence-electron chi connectivity index (χ1n) is 11.2. The third-order valence-corrected chi connectivity index (χ3v) is 7.07. The van der Waals surface area contributed by atoms with Crippen molar-refractivity contribution in [3.8, 4) is 0 Å². The summed E-state index contributed by atoms with van der Waals surface area (Å²) in [6, 6.07) is 15.4. The van der Waals surface area contributed by atoms with E-state index in [1.807, 2.05) is 18.2 Å². The zero-order valence-corrected chi connectivity index (χ0v) is 20.5. The third kappa shape index (κ3) is 6.39. The number of nitrogens with zero attached hydrogens (tertiary/aromatic N) is 1. The number of anilines is 2. The van der Waals surface area contributed by atoms with Crippen LogP contribution in [0.5, 0.6) is 0 Å². The highest BCUT2D eigenvalue weighted by atomic mass is 35.5. The molecule has 4 rings (SSSR count). The number of amides is 4. The van der Waals surface area contributed by atoms with Gasteiger partial charge in [0, 0.05) is 47.3 Å². The minimum Gasteiger partial charge on any atom is -0.365 e. The fourth-order valence-corrected chi connectivity index (χ4v) is 5.41. The molecule has 0 spiro atoms. The summed E-state index contributed by atoms with van der Waals surface area (Å²) < 4.78 is 0. The smallest absolute Gasteiger partial charge is 0.324 e. The van der Waals surface area contributed by atoms with E-state index < -0.39 is 11.9 Å². The Kier molecular flexibility index (Phi) is 8.02. The number of hydrogen-bond acceptors (Lipinski definition) is 5. The lowest BCUT2D eigenvalue weighted by atomic mass is 10.0. The molecular weight excluding hydrogens is 486 g/mol. The van der Waals surface area contributed by atoms with Crippen molar-refractivity contribution in [3.05, 3.63) is 81.2 Å². The molecule has 0 radical (unpaired) electrons. The van der Waals surface area contributed by atoms with Gasteiger partial charge in [-0.1, -0.05) is 29.8 Å². The molecule has 10 heteroatoms. The van der Waals surface area contributed by atoms with Crippen LogP contribution < -0.4 is 21.7 Å². The second-order valence-corrected chi connectivity index (χ2v) is 9.70. The van der Waals surface area contributed by atoms with Gasteiger partial charge >= 0.3 is 6.03 Å². The Morgan fingerprint density at radius 1 is 1.03 bits per heavy atom. The number of thiophene rings is 1. The number of hydrogen-bond donors (Lipinski definition) is 4. The molecule has 3 aromatic rings. The zero-order valence-electron chi connectivity index (χ0n) is 19.0. The summed E-state index contributed by atoms with van der Waals surface area (Å²) in [4.78, 5) is 40.2. The highest BCUT2D eigenvalue weighted by molar-refractivity contribution is 7.17. The lowest BCUT2D eigenvalue weighted by molar-refractivity contribution is 0.0950. The largest absolute Gasteiger partial charge is 0.365 e. The number of primary amides is 1. The Morgan fingerprint density at radius 3 is 2.49 bits per heavy atom. The van der Waals surface area contributed by atoms with Crippen LogP contribution >= 0.6 is 22.9 Å². The molecule has 1 aromatic heterocycles. The van der Waals surface area contributed by atoms with E-state index in [1.54, 1.807) is 36.4 Å². The number of carbonyl (C=O) groups is 3. The molecule has 0 atom stereocenters. The fraction of sp³-hybridized carbons (Fsp3) is 0.240. The van der Waals surface area contributed by atoms with Gasteiger partial charge in [0.25, 0.3) is 11.8 Å². The van der Waals surface area contributed by atoms with Crippen LogP contribution in [0, 0.1) is 0 Å². The van der Waals surface area contributed by atoms with Crippen LogP contribution in [-0.2, 0) is 13.0 Å². The number of fused-ring (bicyclic) bond motifs is 1. The monoisotopic (exact) mass is 511 g/mol. The molecule has 35 heavy (non-hydrogen) atoms. The summed E-state index contributed by atoms with van der Waals surface area (Å²) in [6.07, 6.45) is 1.47. The normalized spacial score (nSPS) is 13.1. The van der Waals surface area contributed by atoms with Crippen molar-refractivity contribution >= 4 is 51.5 Å². The van der Waals surface area contributed by atoms with Gasteiger partial charge < -0.3 is 16.4 Å². The summed E-state index contributed by atoms with van der Waals surface area (Å²) in [5.74, 6) is -0.634. The number of carbonyl (C=O) groups excluding carboxylic acids is 3. The first kappa shape index (κ1) is 24.7. The molecule has 182 valence electrons. The summed E-state index contributed by atoms with van der Waals surface area (Å²) >= 11 is 7.25. The summed E-state index contributed by atoms with van der Waals surface area (Å²) in [6.45, 7) is 2.81. The molecular formula is C25H26ClN5O3S. The summed E-state index contributed by atoms with van der Waals surface area (Å²) in [7, 11) is 0. The number of halogens is 1. The van der Waals surface area contributed by atoms with E-state index >= 15 is 0 Å². The average molecular weight is 512 g/mol. The lowest BCUT2D eigenvalue weighted by Crippen LogP contribution is -2.33. The summed E-state index contributed by atoms with van der Waals surface area (Å²) in [5.41, 5.74) is 8.18. The van der Waals surface area contributed by atoms with Crippen molar-refractivity contribution in [2.24, 2.45) is 5.73 Å². The SMILES string of the molecule is NC(=O)c1c(NC(=O)Nc2ccc(Cl)cc2)sc2c1CCN(CCCNC(=O)c1ccccc1)C2. The molecule has 0 bridgehead atoms. The molecule has 0 saturated carbocycles. The van der Waals surface area contributed by atoms with Crippen LogP contribution in [0.3, 0.4) is 0 Å². The second kappa shape index (κ2) is 11.4. The van der Waals surface area contributed by atoms with Gasteiger partial charge in [-0.2, -0.15) is 0 Å². The number of benzene rings is 2. The van der Waals surface area contributed by atoms with E-state index in [9.17, 15) is 14.4 Å². The third-order valence-electron chi connectivity index (χ3n) is 5.68. The first-order valence-corrected chi connectivity index (χ1v) is 12.4. The molecule has 2 heterocycles. The maximum absolute atomic E-state index is 12.5. The summed E-state index contributed by atoms with van der Waals surface area (Å²) in [5, 5.41) is 9.47. The maximum atomic E-state index is 12.5. The highest BCUT2D eigenvalue weighted by Gasteiger charge is 2.27. The zero-order chi connectivity index (χ0) is 24.8. The van der Waals surface area contributed by atoms with Crippen LogP contribution in [0.25, 0.3) is 0 Å². The minimum atomic E-state index is -0.554. The van der Waals surface area contributed by atoms with Crippen LogP contribution in [0.2, 0.25) is 5.02 Å². The van der Waals surface area contributed by atoms with E-state index in [0.29, 0.717) is 46.3 Å². The predicted molar refractivity (Wildman–Crippen MR) is 139 cm³/mol. The van der Waals surface area contributed by atoms with Gasteiger partial charge in [-0.05, 0) is 54.8 Å². The van der Waals surface area contributed by atoms with Crippen LogP contribution in [0.1, 0.15) is 37.6 Å². The highest BCUT2D eigenvalue weighted by Crippen LogP contribution is 2.37. The quantitative estimate of drug-likeness (QED) is 0.337. The van der Waals surface area contributed by atoms with Gasteiger partial charge in [0.05, 0.1) is 5.56 Å². The van der Waals surface area contributed by atoms with E-state index in [0.717, 1.165) is 30.0 Å². The molecule has 4 amide bonds. The molecule has 0 aliphatic carbocycles. The van der Waals surface area contributed by atoms with Crippen LogP contribution in [-0.4, -0.2) is 42.4 Å². The van der Waals surface area contributed by atoms with Crippen molar-refractivity contribution in [2.45, 2.75) is 19.4 Å². The first-order chi connectivity index (χ1) is 16.9. The Labute approximate surface area is 212 Å². The Balaban J connectivity index is 1.33. The van der Waals surface area contributed by atoms with Crippen molar-refractivity contribution in [2.75, 3.05) is 30.3 Å². The van der Waals surface area contributed by atoms with E-state index in [4.69, 9.17) is 17.3 Å². The van der Waals surface area contributed by atoms with Gasteiger partial charge in [-0.25, -0.2) is 4.79 Å². The second-order valence-electron chi connectivity index (χ2n) is 8.16. The average Bonchev–Trinajstić information content (AvgIpc) is 3.20. The molecule has 0 unspecified atom stereocenters. The van der Waals surface area contributed by atoms with Gasteiger partial charge in [0.2, 0.25) is 0 Å². The minimum absolute atomic E-state index is 0.0801. The Bertz CT molecular complexity index is 1210. The van der Waals surface area contributed by atoms with Crippen molar-refractivity contribution in [3.63, 3.8) is 0 Å². The molecule has 2 aromatic carbocycles. The van der Waals surface area contributed by atoms with Crippen LogP contribution in [0.15, 0.2) is 54.6 Å². The van der Waals surface area contributed by atoms with Gasteiger partial charge in [0.1, 0.15) is 5.00 Å². The van der Waals surface area contributed by atoms with Crippen molar-refractivity contribution in [1.29, 1.82) is 0 Å². The Morgan fingerprint density at radius 2 is 1.77 bits per heavy atom. The molecule has 5 N–H and O–H groups in total.